The summed E-state index contributed by atoms with van der Waals surface area (Å²) in [7, 11) is 0. The van der Waals surface area contributed by atoms with E-state index in [1.54, 1.807) is 28.5 Å². The van der Waals surface area contributed by atoms with Crippen molar-refractivity contribution in [3.8, 4) is 0 Å². The second kappa shape index (κ2) is 7.57. The Balaban J connectivity index is 1.78. The number of benzene rings is 1. The first-order valence-corrected chi connectivity index (χ1v) is 9.02. The van der Waals surface area contributed by atoms with Gasteiger partial charge in [-0.2, -0.15) is 5.10 Å². The van der Waals surface area contributed by atoms with Crippen molar-refractivity contribution in [3.63, 3.8) is 0 Å². The molecular weight excluding hydrogens is 334 g/mol. The van der Waals surface area contributed by atoms with Crippen LogP contribution in [0.25, 0.3) is 0 Å². The molecule has 0 saturated heterocycles. The van der Waals surface area contributed by atoms with Crippen LogP contribution in [0.15, 0.2) is 54.6 Å². The second-order valence-corrected chi connectivity index (χ2v) is 7.27. The summed E-state index contributed by atoms with van der Waals surface area (Å²) in [4.78, 5) is 23.4. The molecule has 1 aromatic carbocycles. The molecule has 0 fully saturated rings. The van der Waals surface area contributed by atoms with Gasteiger partial charge in [0.2, 0.25) is 5.91 Å². The van der Waals surface area contributed by atoms with E-state index >= 15 is 0 Å². The summed E-state index contributed by atoms with van der Waals surface area (Å²) in [5.41, 5.74) is 0.405. The molecule has 2 heterocycles. The van der Waals surface area contributed by atoms with Gasteiger partial charge in [0.1, 0.15) is 23.2 Å². The van der Waals surface area contributed by atoms with Gasteiger partial charge < -0.3 is 4.90 Å². The normalized spacial score (nSPS) is 11.4. The molecule has 0 aliphatic carbocycles. The SMILES string of the molecule is CC(C)(C(=O)N(CCc1ccccc1)Cc1nccs1)n1cncn1. The zero-order chi connectivity index (χ0) is 17.7. The summed E-state index contributed by atoms with van der Waals surface area (Å²) < 4.78 is 1.60. The van der Waals surface area contributed by atoms with Gasteiger partial charge in [0.15, 0.2) is 0 Å². The van der Waals surface area contributed by atoms with E-state index in [1.165, 1.54) is 11.9 Å². The van der Waals surface area contributed by atoms with Gasteiger partial charge in [-0.15, -0.1) is 11.3 Å². The van der Waals surface area contributed by atoms with E-state index in [9.17, 15) is 4.79 Å². The Labute approximate surface area is 151 Å². The van der Waals surface area contributed by atoms with Gasteiger partial charge >= 0.3 is 0 Å². The summed E-state index contributed by atoms with van der Waals surface area (Å²) >= 11 is 1.56. The molecule has 130 valence electrons. The van der Waals surface area contributed by atoms with Crippen LogP contribution in [0.5, 0.6) is 0 Å². The fourth-order valence-electron chi connectivity index (χ4n) is 2.64. The van der Waals surface area contributed by atoms with Crippen molar-refractivity contribution in [2.45, 2.75) is 32.4 Å². The number of carbonyl (C=O) groups excluding carboxylic acids is 1. The number of carbonyl (C=O) groups is 1. The van der Waals surface area contributed by atoms with Gasteiger partial charge in [0, 0.05) is 18.1 Å². The molecule has 0 saturated carbocycles. The minimum atomic E-state index is -0.801. The fraction of sp³-hybridized carbons (Fsp3) is 0.333. The average molecular weight is 355 g/mol. The lowest BCUT2D eigenvalue weighted by Gasteiger charge is -2.31. The lowest BCUT2D eigenvalue weighted by atomic mass is 10.0. The molecule has 0 aliphatic heterocycles. The zero-order valence-electron chi connectivity index (χ0n) is 14.4. The van der Waals surface area contributed by atoms with E-state index < -0.39 is 5.54 Å². The number of hydrogen-bond acceptors (Lipinski definition) is 5. The molecule has 0 aliphatic rings. The quantitative estimate of drug-likeness (QED) is 0.654. The summed E-state index contributed by atoms with van der Waals surface area (Å²) in [5, 5.41) is 7.01. The van der Waals surface area contributed by atoms with E-state index in [0.29, 0.717) is 13.1 Å². The van der Waals surface area contributed by atoms with Crippen molar-refractivity contribution in [2.24, 2.45) is 0 Å². The summed E-state index contributed by atoms with van der Waals surface area (Å²) in [6.45, 7) is 4.85. The molecule has 0 unspecified atom stereocenters. The van der Waals surface area contributed by atoms with Crippen LogP contribution in [0.2, 0.25) is 0 Å². The molecule has 2 aromatic heterocycles. The van der Waals surface area contributed by atoms with E-state index in [0.717, 1.165) is 11.4 Å². The average Bonchev–Trinajstić information content (AvgIpc) is 3.32. The van der Waals surface area contributed by atoms with Gasteiger partial charge in [-0.1, -0.05) is 30.3 Å². The smallest absolute Gasteiger partial charge is 0.250 e. The van der Waals surface area contributed by atoms with Crippen molar-refractivity contribution in [2.75, 3.05) is 6.54 Å². The van der Waals surface area contributed by atoms with Crippen LogP contribution in [0.3, 0.4) is 0 Å². The molecule has 7 heteroatoms. The first-order valence-electron chi connectivity index (χ1n) is 8.14. The minimum Gasteiger partial charge on any atom is -0.334 e. The first-order chi connectivity index (χ1) is 12.1. The monoisotopic (exact) mass is 355 g/mol. The molecule has 0 bridgehead atoms. The van der Waals surface area contributed by atoms with Crippen LogP contribution in [0, 0.1) is 0 Å². The number of rotatable bonds is 7. The zero-order valence-corrected chi connectivity index (χ0v) is 15.2. The van der Waals surface area contributed by atoms with Gasteiger partial charge in [0.05, 0.1) is 6.54 Å². The minimum absolute atomic E-state index is 0.00383. The lowest BCUT2D eigenvalue weighted by Crippen LogP contribution is -2.47. The van der Waals surface area contributed by atoms with Crippen LogP contribution in [0.4, 0.5) is 0 Å². The van der Waals surface area contributed by atoms with Crippen LogP contribution >= 0.6 is 11.3 Å². The molecular formula is C18H21N5OS. The largest absolute Gasteiger partial charge is 0.334 e. The Morgan fingerprint density at radius 3 is 2.72 bits per heavy atom. The van der Waals surface area contributed by atoms with Crippen molar-refractivity contribution in [1.29, 1.82) is 0 Å². The van der Waals surface area contributed by atoms with Crippen molar-refractivity contribution < 1.29 is 4.79 Å². The van der Waals surface area contributed by atoms with Crippen LogP contribution in [0.1, 0.15) is 24.4 Å². The third kappa shape index (κ3) is 4.11. The molecule has 3 aromatic rings. The maximum absolute atomic E-state index is 13.2. The molecule has 0 atom stereocenters. The highest BCUT2D eigenvalue weighted by Crippen LogP contribution is 2.20. The first kappa shape index (κ1) is 17.3. The number of thiazole rings is 1. The van der Waals surface area contributed by atoms with Crippen molar-refractivity contribution in [1.82, 2.24) is 24.6 Å². The summed E-state index contributed by atoms with van der Waals surface area (Å²) in [5.74, 6) is 0.00383. The fourth-order valence-corrected chi connectivity index (χ4v) is 3.27. The molecule has 0 radical (unpaired) electrons. The predicted molar refractivity (Wildman–Crippen MR) is 97.0 cm³/mol. The Morgan fingerprint density at radius 2 is 2.08 bits per heavy atom. The number of nitrogens with zero attached hydrogens (tertiary/aromatic N) is 5. The van der Waals surface area contributed by atoms with Crippen LogP contribution in [-0.2, 0) is 23.3 Å². The van der Waals surface area contributed by atoms with E-state index in [1.807, 2.05) is 42.3 Å². The molecule has 0 N–H and O–H groups in total. The lowest BCUT2D eigenvalue weighted by molar-refractivity contribution is -0.140. The highest BCUT2D eigenvalue weighted by Gasteiger charge is 2.34. The second-order valence-electron chi connectivity index (χ2n) is 6.29. The number of aromatic nitrogens is 4. The molecule has 25 heavy (non-hydrogen) atoms. The third-order valence-corrected chi connectivity index (χ3v) is 4.89. The summed E-state index contributed by atoms with van der Waals surface area (Å²) in [6, 6.07) is 10.2. The third-order valence-electron chi connectivity index (χ3n) is 4.12. The van der Waals surface area contributed by atoms with Gasteiger partial charge in [0.25, 0.3) is 0 Å². The Hall–Kier alpha value is -2.54. The highest BCUT2D eigenvalue weighted by atomic mass is 32.1. The van der Waals surface area contributed by atoms with Crippen LogP contribution < -0.4 is 0 Å². The summed E-state index contributed by atoms with van der Waals surface area (Å²) in [6.07, 6.45) is 5.59. The molecule has 1 amide bonds. The standard InChI is InChI=1S/C18H21N5OS/c1-18(2,23-14-19-13-21-23)17(24)22(12-16-20-9-11-25-16)10-8-15-6-4-3-5-7-15/h3-7,9,11,13-14H,8,10,12H2,1-2H3. The van der Waals surface area contributed by atoms with Crippen molar-refractivity contribution in [3.05, 3.63) is 65.1 Å². The van der Waals surface area contributed by atoms with E-state index in [-0.39, 0.29) is 5.91 Å². The Bertz CT molecular complexity index is 784. The van der Waals surface area contributed by atoms with Crippen LogP contribution in [-0.4, -0.2) is 37.1 Å². The Morgan fingerprint density at radius 1 is 1.28 bits per heavy atom. The number of hydrogen-bond donors (Lipinski definition) is 0. The van der Waals surface area contributed by atoms with Crippen molar-refractivity contribution >= 4 is 17.2 Å². The highest BCUT2D eigenvalue weighted by molar-refractivity contribution is 7.09. The number of amides is 1. The molecule has 3 rings (SSSR count). The maximum atomic E-state index is 13.2. The predicted octanol–water partition coefficient (Wildman–Crippen LogP) is 2.74. The maximum Gasteiger partial charge on any atom is 0.250 e. The van der Waals surface area contributed by atoms with E-state index in [4.69, 9.17) is 0 Å². The molecule has 0 spiro atoms. The molecule has 6 nitrogen and oxygen atoms in total. The Kier molecular flexibility index (Phi) is 5.23. The van der Waals surface area contributed by atoms with Gasteiger partial charge in [-0.05, 0) is 25.8 Å². The topological polar surface area (TPSA) is 63.9 Å². The van der Waals surface area contributed by atoms with E-state index in [2.05, 4.69) is 27.2 Å². The van der Waals surface area contributed by atoms with Gasteiger partial charge in [-0.25, -0.2) is 14.6 Å². The van der Waals surface area contributed by atoms with Gasteiger partial charge in [-0.3, -0.25) is 4.79 Å².